The minimum absolute atomic E-state index is 0.0272. The standard InChI is InChI=1S/C25H23N3O6/c1-3-13-33-23-12-9-20(15-24(23)32-2)25(29)27-26-16-19-5-4-6-22(14-19)34-17-18-7-10-21(11-8-18)28(30)31/h3-12,14-16H,1,13,17H2,2H3,(H,27,29)/b26-16+. The van der Waals surface area contributed by atoms with Crippen LogP contribution in [0.4, 0.5) is 5.69 Å². The van der Waals surface area contributed by atoms with Crippen molar-refractivity contribution in [1.82, 2.24) is 5.43 Å². The van der Waals surface area contributed by atoms with Crippen LogP contribution >= 0.6 is 0 Å². The molecule has 0 fully saturated rings. The van der Waals surface area contributed by atoms with Crippen molar-refractivity contribution in [1.29, 1.82) is 0 Å². The van der Waals surface area contributed by atoms with Crippen molar-refractivity contribution in [2.75, 3.05) is 13.7 Å². The Morgan fingerprint density at radius 2 is 1.88 bits per heavy atom. The predicted octanol–water partition coefficient (Wildman–Crippen LogP) is 4.51. The molecule has 0 heterocycles. The Morgan fingerprint density at radius 1 is 1.09 bits per heavy atom. The van der Waals surface area contributed by atoms with Crippen molar-refractivity contribution in [2.24, 2.45) is 5.10 Å². The molecule has 0 saturated carbocycles. The number of nitrogens with zero attached hydrogens (tertiary/aromatic N) is 2. The molecule has 34 heavy (non-hydrogen) atoms. The molecule has 0 atom stereocenters. The van der Waals surface area contributed by atoms with E-state index in [1.54, 1.807) is 54.6 Å². The fourth-order valence-corrected chi connectivity index (χ4v) is 2.87. The van der Waals surface area contributed by atoms with Gasteiger partial charge in [-0.3, -0.25) is 14.9 Å². The van der Waals surface area contributed by atoms with E-state index in [0.29, 0.717) is 35.0 Å². The molecule has 3 aromatic carbocycles. The highest BCUT2D eigenvalue weighted by Crippen LogP contribution is 2.28. The third-order valence-electron chi connectivity index (χ3n) is 4.57. The number of rotatable bonds is 11. The lowest BCUT2D eigenvalue weighted by Gasteiger charge is -2.10. The third-order valence-corrected chi connectivity index (χ3v) is 4.57. The average Bonchev–Trinajstić information content (AvgIpc) is 2.86. The summed E-state index contributed by atoms with van der Waals surface area (Å²) in [6.07, 6.45) is 3.11. The number of methoxy groups -OCH3 is 1. The van der Waals surface area contributed by atoms with E-state index in [1.165, 1.54) is 25.5 Å². The van der Waals surface area contributed by atoms with Gasteiger partial charge in [0, 0.05) is 17.7 Å². The Morgan fingerprint density at radius 3 is 2.59 bits per heavy atom. The molecule has 9 heteroatoms. The second kappa shape index (κ2) is 11.8. The Hall–Kier alpha value is -4.66. The number of hydrogen-bond acceptors (Lipinski definition) is 7. The number of nitro benzene ring substituents is 1. The highest BCUT2D eigenvalue weighted by Gasteiger charge is 2.10. The number of hydrazone groups is 1. The number of nitrogens with one attached hydrogen (secondary N) is 1. The van der Waals surface area contributed by atoms with Crippen molar-refractivity contribution >= 4 is 17.8 Å². The van der Waals surface area contributed by atoms with E-state index >= 15 is 0 Å². The lowest BCUT2D eigenvalue weighted by molar-refractivity contribution is -0.384. The van der Waals surface area contributed by atoms with Crippen LogP contribution < -0.4 is 19.6 Å². The summed E-state index contributed by atoms with van der Waals surface area (Å²) in [6, 6.07) is 18.1. The van der Waals surface area contributed by atoms with Crippen molar-refractivity contribution in [3.8, 4) is 17.2 Å². The van der Waals surface area contributed by atoms with Crippen LogP contribution in [0.2, 0.25) is 0 Å². The van der Waals surface area contributed by atoms with Gasteiger partial charge in [0.1, 0.15) is 19.0 Å². The zero-order chi connectivity index (χ0) is 24.3. The molecule has 0 bridgehead atoms. The molecule has 1 N–H and O–H groups in total. The Kier molecular flexibility index (Phi) is 8.34. The minimum Gasteiger partial charge on any atom is -0.493 e. The van der Waals surface area contributed by atoms with E-state index < -0.39 is 10.8 Å². The van der Waals surface area contributed by atoms with Crippen molar-refractivity contribution in [3.05, 3.63) is 106 Å². The summed E-state index contributed by atoms with van der Waals surface area (Å²) in [4.78, 5) is 22.7. The summed E-state index contributed by atoms with van der Waals surface area (Å²) < 4.78 is 16.5. The number of nitro groups is 1. The number of hydrogen-bond donors (Lipinski definition) is 1. The Bertz CT molecular complexity index is 1190. The molecule has 0 unspecified atom stereocenters. The molecular formula is C25H23N3O6. The van der Waals surface area contributed by atoms with Crippen LogP contribution in [0, 0.1) is 10.1 Å². The Balaban J connectivity index is 1.57. The van der Waals surface area contributed by atoms with Gasteiger partial charge in [-0.1, -0.05) is 24.8 Å². The maximum atomic E-state index is 12.4. The van der Waals surface area contributed by atoms with Gasteiger partial charge >= 0.3 is 0 Å². The normalized spacial score (nSPS) is 10.5. The largest absolute Gasteiger partial charge is 0.493 e. The molecule has 0 radical (unpaired) electrons. The third kappa shape index (κ3) is 6.67. The fourth-order valence-electron chi connectivity index (χ4n) is 2.87. The maximum absolute atomic E-state index is 12.4. The summed E-state index contributed by atoms with van der Waals surface area (Å²) in [5.41, 5.74) is 4.38. The molecule has 3 rings (SSSR count). The quantitative estimate of drug-likeness (QED) is 0.195. The summed E-state index contributed by atoms with van der Waals surface area (Å²) >= 11 is 0. The van der Waals surface area contributed by atoms with Gasteiger partial charge in [0.25, 0.3) is 11.6 Å². The summed E-state index contributed by atoms with van der Waals surface area (Å²) in [6.45, 7) is 4.18. The summed E-state index contributed by atoms with van der Waals surface area (Å²) in [5.74, 6) is 1.12. The first kappa shape index (κ1) is 24.0. The SMILES string of the molecule is C=CCOc1ccc(C(=O)N/N=C/c2cccc(OCc3ccc([N+](=O)[O-])cc3)c2)cc1OC. The molecule has 0 aromatic heterocycles. The zero-order valence-electron chi connectivity index (χ0n) is 18.5. The van der Waals surface area contributed by atoms with Crippen LogP contribution in [0.3, 0.4) is 0 Å². The van der Waals surface area contributed by atoms with Crippen molar-refractivity contribution in [2.45, 2.75) is 6.61 Å². The van der Waals surface area contributed by atoms with Gasteiger partial charge in [-0.25, -0.2) is 5.43 Å². The van der Waals surface area contributed by atoms with Gasteiger partial charge in [0.2, 0.25) is 0 Å². The fraction of sp³-hybridized carbons (Fsp3) is 0.120. The van der Waals surface area contributed by atoms with Gasteiger partial charge in [-0.2, -0.15) is 5.10 Å². The number of benzene rings is 3. The van der Waals surface area contributed by atoms with Crippen LogP contribution in [0.1, 0.15) is 21.5 Å². The molecule has 0 aliphatic rings. The molecule has 3 aromatic rings. The first-order valence-electron chi connectivity index (χ1n) is 10.2. The van der Waals surface area contributed by atoms with Crippen LogP contribution in [-0.2, 0) is 6.61 Å². The van der Waals surface area contributed by atoms with E-state index in [0.717, 1.165) is 5.56 Å². The van der Waals surface area contributed by atoms with Crippen LogP contribution in [0.15, 0.2) is 84.5 Å². The highest BCUT2D eigenvalue weighted by molar-refractivity contribution is 5.95. The van der Waals surface area contributed by atoms with Crippen LogP contribution in [0.5, 0.6) is 17.2 Å². The number of non-ortho nitro benzene ring substituents is 1. The Labute approximate surface area is 196 Å². The number of carbonyl (C=O) groups is 1. The van der Waals surface area contributed by atoms with Crippen molar-refractivity contribution < 1.29 is 23.9 Å². The molecule has 0 saturated heterocycles. The second-order valence-electron chi connectivity index (χ2n) is 6.95. The van der Waals surface area contributed by atoms with Gasteiger partial charge in [-0.15, -0.1) is 0 Å². The van der Waals surface area contributed by atoms with Crippen molar-refractivity contribution in [3.63, 3.8) is 0 Å². The summed E-state index contributed by atoms with van der Waals surface area (Å²) in [5, 5.41) is 14.7. The monoisotopic (exact) mass is 461 g/mol. The summed E-state index contributed by atoms with van der Waals surface area (Å²) in [7, 11) is 1.49. The van der Waals surface area contributed by atoms with Gasteiger partial charge in [-0.05, 0) is 53.6 Å². The van der Waals surface area contributed by atoms with E-state index in [1.807, 2.05) is 6.07 Å². The first-order chi connectivity index (χ1) is 16.5. The highest BCUT2D eigenvalue weighted by atomic mass is 16.6. The molecule has 0 spiro atoms. The van der Waals surface area contributed by atoms with E-state index in [9.17, 15) is 14.9 Å². The van der Waals surface area contributed by atoms with E-state index in [4.69, 9.17) is 14.2 Å². The molecule has 1 amide bonds. The number of carbonyl (C=O) groups excluding carboxylic acids is 1. The molecule has 0 aliphatic carbocycles. The molecule has 9 nitrogen and oxygen atoms in total. The van der Waals surface area contributed by atoms with Crippen LogP contribution in [-0.4, -0.2) is 30.8 Å². The predicted molar refractivity (Wildman–Crippen MR) is 128 cm³/mol. The zero-order valence-corrected chi connectivity index (χ0v) is 18.5. The lowest BCUT2D eigenvalue weighted by atomic mass is 10.2. The van der Waals surface area contributed by atoms with Gasteiger partial charge in [0.05, 0.1) is 18.2 Å². The van der Waals surface area contributed by atoms with Gasteiger partial charge in [0.15, 0.2) is 11.5 Å². The number of amides is 1. The molecule has 174 valence electrons. The van der Waals surface area contributed by atoms with E-state index in [2.05, 4.69) is 17.1 Å². The molecule has 0 aliphatic heterocycles. The average molecular weight is 461 g/mol. The number of ether oxygens (including phenoxy) is 3. The first-order valence-corrected chi connectivity index (χ1v) is 10.2. The second-order valence-corrected chi connectivity index (χ2v) is 6.95. The topological polar surface area (TPSA) is 112 Å². The van der Waals surface area contributed by atoms with E-state index in [-0.39, 0.29) is 12.3 Å². The van der Waals surface area contributed by atoms with Crippen LogP contribution in [0.25, 0.3) is 0 Å². The lowest BCUT2D eigenvalue weighted by Crippen LogP contribution is -2.17. The maximum Gasteiger partial charge on any atom is 0.271 e. The van der Waals surface area contributed by atoms with Gasteiger partial charge < -0.3 is 14.2 Å². The molecular weight excluding hydrogens is 438 g/mol. The smallest absolute Gasteiger partial charge is 0.271 e. The minimum atomic E-state index is -0.448.